The Morgan fingerprint density at radius 3 is 0.830 bits per heavy atom. The summed E-state index contributed by atoms with van der Waals surface area (Å²) < 4.78 is 68.5. The number of unbranched alkanes of at least 4 members (excludes halogenated alkanes) is 32. The van der Waals surface area contributed by atoms with Crippen molar-refractivity contribution >= 4 is 39.5 Å². The molecule has 0 saturated heterocycles. The maximum absolute atomic E-state index is 13.1. The van der Waals surface area contributed by atoms with Crippen molar-refractivity contribution in [1.82, 2.24) is 0 Å². The standard InChI is InChI=1S/C81H142O17P2/c1-5-9-13-17-21-25-29-33-35-36-37-38-40-44-46-50-54-58-62-66-79(84)92-72-77(98-81(86)68-64-60-56-52-48-42-32-28-24-20-16-12-8-4)74-96-100(89,90)94-70-75(82)69-93-99(87,88)95-73-76(97-80(85)67-63-59-55-51-47-41-31-27-23-19-15-11-7-3)71-91-78(83)65-61-57-53-49-45-43-39-34-30-26-22-18-14-10-6-2/h10,14,21-22,25-28,31-35,37-39,75-77,82H,5-9,11-13,15-20,23-24,29-30,36,40-74H2,1-4H3,(H,87,88)(H,89,90)/b14-10-,25-21-,26-22-,31-27-,32-28-,35-33-,38-37-,39-34-. The molecule has 0 amide bonds. The molecule has 0 aromatic heterocycles. The molecule has 578 valence electrons. The predicted octanol–water partition coefficient (Wildman–Crippen LogP) is 22.8. The van der Waals surface area contributed by atoms with E-state index >= 15 is 0 Å². The number of phosphoric acid groups is 2. The van der Waals surface area contributed by atoms with Crippen LogP contribution in [-0.4, -0.2) is 96.7 Å². The van der Waals surface area contributed by atoms with Gasteiger partial charge in [0.15, 0.2) is 12.2 Å². The molecule has 0 aromatic carbocycles. The van der Waals surface area contributed by atoms with Crippen molar-refractivity contribution in [1.29, 1.82) is 0 Å². The van der Waals surface area contributed by atoms with Crippen LogP contribution < -0.4 is 0 Å². The second-order valence-electron chi connectivity index (χ2n) is 26.3. The van der Waals surface area contributed by atoms with E-state index in [1.54, 1.807) is 0 Å². The maximum atomic E-state index is 13.1. The third kappa shape index (κ3) is 72.3. The number of phosphoric ester groups is 2. The highest BCUT2D eigenvalue weighted by Gasteiger charge is 2.30. The SMILES string of the molecule is CC/C=C\C/C=C\C/C=C\CCCCCCCC(=O)OCC(COP(=O)(O)OCC(O)COP(=O)(O)OCC(COC(=O)CCCCCCCC/C=C\C/C=C\C/C=C\CCCCC)OC(=O)CCCCCCC/C=C\CCCCCC)OC(=O)CCCCCCC/C=C\CCCCCC. The van der Waals surface area contributed by atoms with Crippen molar-refractivity contribution in [2.45, 2.75) is 354 Å². The van der Waals surface area contributed by atoms with Gasteiger partial charge >= 0.3 is 39.5 Å². The van der Waals surface area contributed by atoms with Crippen LogP contribution in [0, 0.1) is 0 Å². The lowest BCUT2D eigenvalue weighted by Crippen LogP contribution is -2.30. The summed E-state index contributed by atoms with van der Waals surface area (Å²) in [5.41, 5.74) is 0. The number of aliphatic hydroxyl groups is 1. The molecule has 0 bridgehead atoms. The Morgan fingerprint density at radius 1 is 0.290 bits per heavy atom. The van der Waals surface area contributed by atoms with E-state index in [0.717, 1.165) is 186 Å². The summed E-state index contributed by atoms with van der Waals surface area (Å²) in [6.45, 7) is 4.68. The molecule has 0 aliphatic rings. The van der Waals surface area contributed by atoms with Gasteiger partial charge in [-0.2, -0.15) is 0 Å². The van der Waals surface area contributed by atoms with Gasteiger partial charge in [-0.1, -0.05) is 260 Å². The first kappa shape index (κ1) is 96.0. The predicted molar refractivity (Wildman–Crippen MR) is 409 cm³/mol. The number of esters is 4. The molecule has 0 heterocycles. The summed E-state index contributed by atoms with van der Waals surface area (Å²) in [6.07, 6.45) is 76.7. The van der Waals surface area contributed by atoms with E-state index in [1.165, 1.54) is 70.6 Å². The van der Waals surface area contributed by atoms with Crippen molar-refractivity contribution in [3.05, 3.63) is 97.2 Å². The fraction of sp³-hybridized carbons (Fsp3) is 0.753. The Morgan fingerprint density at radius 2 is 0.520 bits per heavy atom. The molecule has 0 fully saturated rings. The first-order chi connectivity index (χ1) is 48.7. The molecule has 0 aliphatic heterocycles. The average molecular weight is 1450 g/mol. The molecule has 17 nitrogen and oxygen atoms in total. The summed E-state index contributed by atoms with van der Waals surface area (Å²) >= 11 is 0. The second kappa shape index (κ2) is 73.3. The summed E-state index contributed by atoms with van der Waals surface area (Å²) in [6, 6.07) is 0. The van der Waals surface area contributed by atoms with Gasteiger partial charge in [-0.3, -0.25) is 37.3 Å². The number of allylic oxidation sites excluding steroid dienone is 16. The van der Waals surface area contributed by atoms with Crippen LogP contribution in [0.5, 0.6) is 0 Å². The van der Waals surface area contributed by atoms with Crippen LogP contribution in [0.1, 0.15) is 336 Å². The molecule has 5 unspecified atom stereocenters. The first-order valence-corrected chi connectivity index (χ1v) is 42.5. The monoisotopic (exact) mass is 1450 g/mol. The third-order valence-electron chi connectivity index (χ3n) is 16.5. The molecule has 0 aliphatic carbocycles. The summed E-state index contributed by atoms with van der Waals surface area (Å²) in [5, 5.41) is 10.6. The molecule has 19 heteroatoms. The number of carbonyl (C=O) groups excluding carboxylic acids is 4. The van der Waals surface area contributed by atoms with E-state index in [4.69, 9.17) is 37.0 Å². The van der Waals surface area contributed by atoms with Crippen molar-refractivity contribution < 1.29 is 80.2 Å². The molecule has 100 heavy (non-hydrogen) atoms. The van der Waals surface area contributed by atoms with Crippen LogP contribution >= 0.6 is 15.6 Å². The zero-order chi connectivity index (χ0) is 73.2. The zero-order valence-corrected chi connectivity index (χ0v) is 64.9. The largest absolute Gasteiger partial charge is 0.472 e. The number of hydrogen-bond donors (Lipinski definition) is 3. The highest BCUT2D eigenvalue weighted by molar-refractivity contribution is 7.47. The molecule has 0 spiro atoms. The number of rotatable bonds is 74. The van der Waals surface area contributed by atoms with Gasteiger partial charge in [-0.25, -0.2) is 9.13 Å². The Bertz CT molecular complexity index is 2270. The minimum atomic E-state index is -4.98. The van der Waals surface area contributed by atoms with Crippen LogP contribution in [0.2, 0.25) is 0 Å². The lowest BCUT2D eigenvalue weighted by atomic mass is 10.1. The number of carbonyl (C=O) groups is 4. The van der Waals surface area contributed by atoms with Crippen LogP contribution in [0.25, 0.3) is 0 Å². The minimum Gasteiger partial charge on any atom is -0.462 e. The second-order valence-corrected chi connectivity index (χ2v) is 29.2. The van der Waals surface area contributed by atoms with E-state index in [-0.39, 0.29) is 25.7 Å². The first-order valence-electron chi connectivity index (χ1n) is 39.5. The van der Waals surface area contributed by atoms with Crippen LogP contribution in [-0.2, 0) is 65.4 Å². The topological polar surface area (TPSA) is 237 Å². The highest BCUT2D eigenvalue weighted by Crippen LogP contribution is 2.45. The molecular weight excluding hydrogens is 1310 g/mol. The number of aliphatic hydroxyl groups excluding tert-OH is 1. The molecule has 0 saturated carbocycles. The molecule has 0 aromatic rings. The van der Waals surface area contributed by atoms with Gasteiger partial charge in [-0.15, -0.1) is 0 Å². The fourth-order valence-corrected chi connectivity index (χ4v) is 12.0. The van der Waals surface area contributed by atoms with Crippen molar-refractivity contribution in [2.24, 2.45) is 0 Å². The molecule has 5 atom stereocenters. The van der Waals surface area contributed by atoms with Crippen LogP contribution in [0.4, 0.5) is 0 Å². The highest BCUT2D eigenvalue weighted by atomic mass is 31.2. The zero-order valence-electron chi connectivity index (χ0n) is 63.1. The van der Waals surface area contributed by atoms with Gasteiger partial charge in [-0.05, 0) is 148 Å². The number of hydrogen-bond acceptors (Lipinski definition) is 15. The van der Waals surface area contributed by atoms with Gasteiger partial charge in [0.05, 0.1) is 26.4 Å². The summed E-state index contributed by atoms with van der Waals surface area (Å²) in [4.78, 5) is 72.9. The van der Waals surface area contributed by atoms with Crippen molar-refractivity contribution in [3.63, 3.8) is 0 Å². The molecule has 0 radical (unpaired) electrons. The lowest BCUT2D eigenvalue weighted by molar-refractivity contribution is -0.161. The van der Waals surface area contributed by atoms with Crippen molar-refractivity contribution in [3.8, 4) is 0 Å². The van der Waals surface area contributed by atoms with Crippen molar-refractivity contribution in [2.75, 3.05) is 39.6 Å². The Kier molecular flexibility index (Phi) is 70.4. The Balaban J connectivity index is 5.34. The number of ether oxygens (including phenoxy) is 4. The van der Waals surface area contributed by atoms with E-state index in [0.29, 0.717) is 25.7 Å². The summed E-state index contributed by atoms with van der Waals surface area (Å²) in [7, 11) is -9.96. The van der Waals surface area contributed by atoms with Gasteiger partial charge in [0, 0.05) is 25.7 Å². The smallest absolute Gasteiger partial charge is 0.462 e. The molecular formula is C81H142O17P2. The quantitative estimate of drug-likeness (QED) is 0.0169. The van der Waals surface area contributed by atoms with Gasteiger partial charge in [0.25, 0.3) is 0 Å². The van der Waals surface area contributed by atoms with Crippen LogP contribution in [0.3, 0.4) is 0 Å². The van der Waals surface area contributed by atoms with Gasteiger partial charge < -0.3 is 33.8 Å². The Hall–Kier alpha value is -4.02. The van der Waals surface area contributed by atoms with Gasteiger partial charge in [0.2, 0.25) is 0 Å². The maximum Gasteiger partial charge on any atom is 0.472 e. The van der Waals surface area contributed by atoms with E-state index in [1.807, 2.05) is 0 Å². The molecule has 0 rings (SSSR count). The van der Waals surface area contributed by atoms with Gasteiger partial charge in [0.1, 0.15) is 19.3 Å². The fourth-order valence-electron chi connectivity index (χ4n) is 10.5. The van der Waals surface area contributed by atoms with E-state index in [9.17, 15) is 43.2 Å². The average Bonchev–Trinajstić information content (AvgIpc) is 0.936. The third-order valence-corrected chi connectivity index (χ3v) is 18.4. The lowest BCUT2D eigenvalue weighted by Gasteiger charge is -2.21. The molecule has 3 N–H and O–H groups in total. The summed E-state index contributed by atoms with van der Waals surface area (Å²) in [5.74, 6) is -2.21. The van der Waals surface area contributed by atoms with E-state index < -0.39 is 97.5 Å². The van der Waals surface area contributed by atoms with Crippen LogP contribution in [0.15, 0.2) is 97.2 Å². The van der Waals surface area contributed by atoms with E-state index in [2.05, 4.69) is 125 Å². The minimum absolute atomic E-state index is 0.0811. The Labute approximate surface area is 607 Å². The normalized spacial score (nSPS) is 14.4.